The van der Waals surface area contributed by atoms with E-state index in [1.165, 1.54) is 30.3 Å². The smallest absolute Gasteiger partial charge is 0.263 e. The van der Waals surface area contributed by atoms with Crippen molar-refractivity contribution in [1.82, 2.24) is 5.16 Å². The van der Waals surface area contributed by atoms with E-state index in [-0.39, 0.29) is 16.3 Å². The molecule has 0 unspecified atom stereocenters. The maximum Gasteiger partial charge on any atom is 0.263 e. The fourth-order valence-electron chi connectivity index (χ4n) is 2.17. The summed E-state index contributed by atoms with van der Waals surface area (Å²) in [5.74, 6) is 0.0522. The van der Waals surface area contributed by atoms with E-state index in [1.54, 1.807) is 31.2 Å². The van der Waals surface area contributed by atoms with Crippen molar-refractivity contribution in [2.45, 2.75) is 11.8 Å². The van der Waals surface area contributed by atoms with Gasteiger partial charge in [0, 0.05) is 11.6 Å². The van der Waals surface area contributed by atoms with Crippen molar-refractivity contribution in [3.63, 3.8) is 0 Å². The van der Waals surface area contributed by atoms with Gasteiger partial charge in [-0.3, -0.25) is 9.52 Å². The fraction of sp³-hybridized carbons (Fsp3) is 0.0588. The molecule has 0 fully saturated rings. The zero-order chi connectivity index (χ0) is 18.7. The van der Waals surface area contributed by atoms with Crippen molar-refractivity contribution in [1.29, 1.82) is 0 Å². The Morgan fingerprint density at radius 2 is 1.88 bits per heavy atom. The van der Waals surface area contributed by atoms with E-state index in [0.29, 0.717) is 16.5 Å². The highest BCUT2D eigenvalue weighted by Gasteiger charge is 2.18. The van der Waals surface area contributed by atoms with Gasteiger partial charge in [0.25, 0.3) is 15.9 Å². The van der Waals surface area contributed by atoms with Crippen LogP contribution in [0.4, 0.5) is 11.5 Å². The minimum absolute atomic E-state index is 0.0634. The summed E-state index contributed by atoms with van der Waals surface area (Å²) in [4.78, 5) is 12.3. The van der Waals surface area contributed by atoms with Gasteiger partial charge in [0.2, 0.25) is 0 Å². The van der Waals surface area contributed by atoms with Crippen LogP contribution in [0.2, 0.25) is 5.02 Å². The van der Waals surface area contributed by atoms with E-state index >= 15 is 0 Å². The predicted molar refractivity (Wildman–Crippen MR) is 97.9 cm³/mol. The summed E-state index contributed by atoms with van der Waals surface area (Å²) in [6, 6.07) is 13.8. The van der Waals surface area contributed by atoms with Gasteiger partial charge in [0.1, 0.15) is 5.76 Å². The molecule has 0 saturated carbocycles. The Kier molecular flexibility index (Phi) is 4.97. The molecule has 1 aromatic heterocycles. The number of aromatic nitrogens is 1. The molecule has 26 heavy (non-hydrogen) atoms. The van der Waals surface area contributed by atoms with Crippen molar-refractivity contribution in [2.75, 3.05) is 10.0 Å². The molecule has 0 radical (unpaired) electrons. The Balaban J connectivity index is 1.83. The first kappa shape index (κ1) is 18.0. The number of amides is 1. The van der Waals surface area contributed by atoms with Crippen LogP contribution in [0.1, 0.15) is 16.1 Å². The molecule has 9 heteroatoms. The van der Waals surface area contributed by atoms with Crippen LogP contribution in [0.3, 0.4) is 0 Å². The fourth-order valence-corrected chi connectivity index (χ4v) is 3.38. The standard InChI is InChI=1S/C17H14ClN3O4S/c1-11-9-16(20-25-11)21-26(23,24)13-6-4-5-12(10-13)17(22)19-15-8-3-2-7-14(15)18/h2-10H,1H3,(H,19,22)(H,20,21). The molecule has 1 heterocycles. The summed E-state index contributed by atoms with van der Waals surface area (Å²) in [5, 5.41) is 6.62. The van der Waals surface area contributed by atoms with Crippen LogP contribution < -0.4 is 10.0 Å². The number of carbonyl (C=O) groups is 1. The molecule has 3 aromatic rings. The summed E-state index contributed by atoms with van der Waals surface area (Å²) < 4.78 is 32.0. The number of carbonyl (C=O) groups excluding carboxylic acids is 1. The number of nitrogens with zero attached hydrogens (tertiary/aromatic N) is 1. The summed E-state index contributed by atoms with van der Waals surface area (Å²) >= 11 is 6.02. The molecule has 1 amide bonds. The van der Waals surface area contributed by atoms with E-state index < -0.39 is 15.9 Å². The van der Waals surface area contributed by atoms with Crippen molar-refractivity contribution >= 4 is 39.0 Å². The number of rotatable bonds is 5. The van der Waals surface area contributed by atoms with E-state index in [2.05, 4.69) is 15.2 Å². The van der Waals surface area contributed by atoms with Gasteiger partial charge < -0.3 is 9.84 Å². The minimum Gasteiger partial charge on any atom is -0.360 e. The zero-order valence-electron chi connectivity index (χ0n) is 13.6. The summed E-state index contributed by atoms with van der Waals surface area (Å²) in [6.07, 6.45) is 0. The summed E-state index contributed by atoms with van der Waals surface area (Å²) in [6.45, 7) is 1.64. The number of halogens is 1. The third-order valence-electron chi connectivity index (χ3n) is 3.40. The zero-order valence-corrected chi connectivity index (χ0v) is 15.1. The van der Waals surface area contributed by atoms with Gasteiger partial charge in [-0.25, -0.2) is 8.42 Å². The Hall–Kier alpha value is -2.84. The molecular weight excluding hydrogens is 378 g/mol. The van der Waals surface area contributed by atoms with Crippen molar-refractivity contribution in [3.8, 4) is 0 Å². The second-order valence-electron chi connectivity index (χ2n) is 5.39. The number of para-hydroxylation sites is 1. The molecule has 0 aliphatic rings. The quantitative estimate of drug-likeness (QED) is 0.690. The lowest BCUT2D eigenvalue weighted by Crippen LogP contribution is -2.16. The van der Waals surface area contributed by atoms with Gasteiger partial charge >= 0.3 is 0 Å². The Morgan fingerprint density at radius 1 is 1.12 bits per heavy atom. The molecule has 3 rings (SSSR count). The second kappa shape index (κ2) is 7.19. The monoisotopic (exact) mass is 391 g/mol. The lowest BCUT2D eigenvalue weighted by atomic mass is 10.2. The molecule has 134 valence electrons. The topological polar surface area (TPSA) is 101 Å². The van der Waals surface area contributed by atoms with Gasteiger partial charge in [0.05, 0.1) is 15.6 Å². The number of benzene rings is 2. The summed E-state index contributed by atoms with van der Waals surface area (Å²) in [7, 11) is -3.92. The Labute approximate surface area is 155 Å². The van der Waals surface area contributed by atoms with E-state index in [0.717, 1.165) is 0 Å². The first-order chi connectivity index (χ1) is 12.3. The van der Waals surface area contributed by atoms with Crippen LogP contribution in [-0.2, 0) is 10.0 Å². The maximum absolute atomic E-state index is 12.5. The lowest BCUT2D eigenvalue weighted by molar-refractivity contribution is 0.102. The second-order valence-corrected chi connectivity index (χ2v) is 7.48. The number of sulfonamides is 1. The molecule has 0 aliphatic heterocycles. The van der Waals surface area contributed by atoms with Crippen molar-refractivity contribution in [2.24, 2.45) is 0 Å². The van der Waals surface area contributed by atoms with Crippen LogP contribution in [0.15, 0.2) is 64.0 Å². The lowest BCUT2D eigenvalue weighted by Gasteiger charge is -2.09. The molecule has 0 spiro atoms. The average molecular weight is 392 g/mol. The third-order valence-corrected chi connectivity index (χ3v) is 5.08. The highest BCUT2D eigenvalue weighted by molar-refractivity contribution is 7.92. The number of anilines is 2. The number of hydrogen-bond donors (Lipinski definition) is 2. The minimum atomic E-state index is -3.92. The van der Waals surface area contributed by atoms with Gasteiger partial charge in [-0.1, -0.05) is 35.0 Å². The predicted octanol–water partition coefficient (Wildman–Crippen LogP) is 3.69. The molecule has 2 aromatic carbocycles. The maximum atomic E-state index is 12.5. The largest absolute Gasteiger partial charge is 0.360 e. The molecule has 2 N–H and O–H groups in total. The Bertz CT molecular complexity index is 1060. The molecule has 0 bridgehead atoms. The number of nitrogens with one attached hydrogen (secondary N) is 2. The Morgan fingerprint density at radius 3 is 2.58 bits per heavy atom. The third kappa shape index (κ3) is 4.04. The first-order valence-corrected chi connectivity index (χ1v) is 9.33. The highest BCUT2D eigenvalue weighted by atomic mass is 35.5. The van der Waals surface area contributed by atoms with Crippen LogP contribution in [0.25, 0.3) is 0 Å². The van der Waals surface area contributed by atoms with E-state index in [9.17, 15) is 13.2 Å². The summed E-state index contributed by atoms with van der Waals surface area (Å²) in [5.41, 5.74) is 0.604. The molecule has 0 aliphatic carbocycles. The van der Waals surface area contributed by atoms with Crippen LogP contribution >= 0.6 is 11.6 Å². The normalized spacial score (nSPS) is 11.2. The van der Waals surface area contributed by atoms with Crippen LogP contribution in [-0.4, -0.2) is 19.5 Å². The molecule has 0 atom stereocenters. The van der Waals surface area contributed by atoms with Crippen LogP contribution in [0, 0.1) is 6.92 Å². The van der Waals surface area contributed by atoms with Crippen molar-refractivity contribution < 1.29 is 17.7 Å². The molecule has 7 nitrogen and oxygen atoms in total. The van der Waals surface area contributed by atoms with E-state index in [4.69, 9.17) is 16.1 Å². The van der Waals surface area contributed by atoms with Crippen molar-refractivity contribution in [3.05, 3.63) is 70.9 Å². The first-order valence-electron chi connectivity index (χ1n) is 7.47. The SMILES string of the molecule is Cc1cc(NS(=O)(=O)c2cccc(C(=O)Nc3ccccc3Cl)c2)no1. The molecule has 0 saturated heterocycles. The van der Waals surface area contributed by atoms with Gasteiger partial charge in [-0.2, -0.15) is 0 Å². The number of hydrogen-bond acceptors (Lipinski definition) is 5. The highest BCUT2D eigenvalue weighted by Crippen LogP contribution is 2.22. The van der Waals surface area contributed by atoms with Gasteiger partial charge in [-0.05, 0) is 37.3 Å². The van der Waals surface area contributed by atoms with Gasteiger partial charge in [-0.15, -0.1) is 0 Å². The average Bonchev–Trinajstić information content (AvgIpc) is 3.01. The molecular formula is C17H14ClN3O4S. The van der Waals surface area contributed by atoms with Gasteiger partial charge in [0.15, 0.2) is 5.82 Å². The van der Waals surface area contributed by atoms with Crippen LogP contribution in [0.5, 0.6) is 0 Å². The van der Waals surface area contributed by atoms with E-state index in [1.807, 2.05) is 0 Å². The number of aryl methyl sites for hydroxylation is 1.